The van der Waals surface area contributed by atoms with Crippen LogP contribution < -0.4 is 14.8 Å². The summed E-state index contributed by atoms with van der Waals surface area (Å²) in [5.74, 6) is 0.917. The molecule has 0 amide bonds. The van der Waals surface area contributed by atoms with E-state index in [9.17, 15) is 4.39 Å². The first-order valence-corrected chi connectivity index (χ1v) is 7.90. The highest BCUT2D eigenvalue weighted by Gasteiger charge is 2.10. The summed E-state index contributed by atoms with van der Waals surface area (Å²) in [6.07, 6.45) is 0. The molecular weight excluding hydrogens is 373 g/mol. The standard InChI is InChI=1S/C16H16BrClFNO2/c1-3-22-16-8-12(17)10(6-15(16)21-2)9-20-11-4-5-14(19)13(18)7-11/h4-8,20H,3,9H2,1-2H3. The third-order valence-electron chi connectivity index (χ3n) is 3.04. The van der Waals surface area contributed by atoms with Crippen LogP contribution in [0, 0.1) is 5.82 Å². The summed E-state index contributed by atoms with van der Waals surface area (Å²) in [6.45, 7) is 3.01. The van der Waals surface area contributed by atoms with Gasteiger partial charge in [-0.25, -0.2) is 4.39 Å². The molecule has 0 saturated heterocycles. The molecule has 22 heavy (non-hydrogen) atoms. The molecule has 0 aliphatic carbocycles. The van der Waals surface area contributed by atoms with Gasteiger partial charge < -0.3 is 14.8 Å². The van der Waals surface area contributed by atoms with Gasteiger partial charge in [0.2, 0.25) is 0 Å². The van der Waals surface area contributed by atoms with Gasteiger partial charge in [-0.1, -0.05) is 27.5 Å². The van der Waals surface area contributed by atoms with E-state index in [1.165, 1.54) is 6.07 Å². The third kappa shape index (κ3) is 4.05. The number of hydrogen-bond donors (Lipinski definition) is 1. The van der Waals surface area contributed by atoms with Crippen LogP contribution in [0.3, 0.4) is 0 Å². The molecule has 0 radical (unpaired) electrons. The van der Waals surface area contributed by atoms with E-state index in [1.54, 1.807) is 19.2 Å². The van der Waals surface area contributed by atoms with Crippen molar-refractivity contribution >= 4 is 33.2 Å². The van der Waals surface area contributed by atoms with Gasteiger partial charge in [0.1, 0.15) is 5.82 Å². The zero-order valence-electron chi connectivity index (χ0n) is 12.3. The molecule has 3 nitrogen and oxygen atoms in total. The van der Waals surface area contributed by atoms with Crippen LogP contribution in [-0.2, 0) is 6.54 Å². The summed E-state index contributed by atoms with van der Waals surface area (Å²) in [7, 11) is 1.60. The van der Waals surface area contributed by atoms with Gasteiger partial charge in [-0.15, -0.1) is 0 Å². The van der Waals surface area contributed by atoms with Crippen LogP contribution in [0.25, 0.3) is 0 Å². The lowest BCUT2D eigenvalue weighted by atomic mass is 10.2. The van der Waals surface area contributed by atoms with Gasteiger partial charge in [0, 0.05) is 16.7 Å². The molecule has 0 aliphatic heterocycles. The van der Waals surface area contributed by atoms with E-state index >= 15 is 0 Å². The topological polar surface area (TPSA) is 30.5 Å². The fourth-order valence-corrected chi connectivity index (χ4v) is 2.59. The maximum absolute atomic E-state index is 13.1. The second-order valence-electron chi connectivity index (χ2n) is 4.51. The Morgan fingerprint density at radius 3 is 2.64 bits per heavy atom. The molecule has 0 spiro atoms. The van der Waals surface area contributed by atoms with Crippen LogP contribution in [0.2, 0.25) is 5.02 Å². The van der Waals surface area contributed by atoms with Crippen molar-refractivity contribution in [3.8, 4) is 11.5 Å². The van der Waals surface area contributed by atoms with Crippen LogP contribution in [-0.4, -0.2) is 13.7 Å². The molecule has 0 bridgehead atoms. The monoisotopic (exact) mass is 387 g/mol. The van der Waals surface area contributed by atoms with E-state index in [1.807, 2.05) is 19.1 Å². The molecular formula is C16H16BrClFNO2. The Hall–Kier alpha value is -1.46. The van der Waals surface area contributed by atoms with Crippen molar-refractivity contribution in [2.45, 2.75) is 13.5 Å². The average molecular weight is 389 g/mol. The molecule has 0 unspecified atom stereocenters. The van der Waals surface area contributed by atoms with Gasteiger partial charge in [0.05, 0.1) is 18.7 Å². The largest absolute Gasteiger partial charge is 0.493 e. The molecule has 2 rings (SSSR count). The smallest absolute Gasteiger partial charge is 0.162 e. The number of halogens is 3. The molecule has 2 aromatic rings. The van der Waals surface area contributed by atoms with E-state index < -0.39 is 5.82 Å². The number of rotatable bonds is 6. The zero-order valence-corrected chi connectivity index (χ0v) is 14.6. The maximum atomic E-state index is 13.1. The predicted molar refractivity (Wildman–Crippen MR) is 90.6 cm³/mol. The zero-order chi connectivity index (χ0) is 16.1. The summed E-state index contributed by atoms with van der Waals surface area (Å²) in [6, 6.07) is 8.29. The SMILES string of the molecule is CCOc1cc(Br)c(CNc2ccc(F)c(Cl)c2)cc1OC. The highest BCUT2D eigenvalue weighted by molar-refractivity contribution is 9.10. The molecule has 1 N–H and O–H groups in total. The molecule has 2 aromatic carbocycles. The fraction of sp³-hybridized carbons (Fsp3) is 0.250. The lowest BCUT2D eigenvalue weighted by molar-refractivity contribution is 0.310. The van der Waals surface area contributed by atoms with Crippen molar-refractivity contribution in [2.24, 2.45) is 0 Å². The first kappa shape index (κ1) is 16.9. The van der Waals surface area contributed by atoms with Gasteiger partial charge in [-0.05, 0) is 42.8 Å². The van der Waals surface area contributed by atoms with Crippen LogP contribution in [0.5, 0.6) is 11.5 Å². The van der Waals surface area contributed by atoms with Gasteiger partial charge in [-0.2, -0.15) is 0 Å². The van der Waals surface area contributed by atoms with E-state index in [4.69, 9.17) is 21.1 Å². The third-order valence-corrected chi connectivity index (χ3v) is 4.06. The van der Waals surface area contributed by atoms with Crippen molar-refractivity contribution in [1.29, 1.82) is 0 Å². The van der Waals surface area contributed by atoms with Crippen LogP contribution in [0.1, 0.15) is 12.5 Å². The molecule has 0 heterocycles. The number of methoxy groups -OCH3 is 1. The normalized spacial score (nSPS) is 10.4. The first-order valence-electron chi connectivity index (χ1n) is 6.73. The van der Waals surface area contributed by atoms with Gasteiger partial charge >= 0.3 is 0 Å². The predicted octanol–water partition coefficient (Wildman–Crippen LogP) is 5.26. The Bertz CT molecular complexity index is 667. The summed E-state index contributed by atoms with van der Waals surface area (Å²) in [5, 5.41) is 3.29. The van der Waals surface area contributed by atoms with Gasteiger partial charge in [0.15, 0.2) is 11.5 Å². The number of nitrogens with one attached hydrogen (secondary N) is 1. The Labute approximate surface area is 142 Å². The average Bonchev–Trinajstić information content (AvgIpc) is 2.50. The highest BCUT2D eigenvalue weighted by atomic mass is 79.9. The molecule has 0 saturated carbocycles. The first-order chi connectivity index (χ1) is 10.5. The second kappa shape index (κ2) is 7.70. The summed E-state index contributed by atoms with van der Waals surface area (Å²) in [5.41, 5.74) is 1.73. The van der Waals surface area contributed by atoms with Gasteiger partial charge in [0.25, 0.3) is 0 Å². The van der Waals surface area contributed by atoms with Crippen LogP contribution in [0.15, 0.2) is 34.8 Å². The van der Waals surface area contributed by atoms with E-state index in [0.29, 0.717) is 24.7 Å². The molecule has 0 aliphatic rings. The second-order valence-corrected chi connectivity index (χ2v) is 5.77. The minimum atomic E-state index is -0.434. The number of anilines is 1. The van der Waals surface area contributed by atoms with E-state index in [0.717, 1.165) is 15.7 Å². The van der Waals surface area contributed by atoms with E-state index in [-0.39, 0.29) is 5.02 Å². The fourth-order valence-electron chi connectivity index (χ4n) is 1.94. The van der Waals surface area contributed by atoms with Crippen LogP contribution >= 0.6 is 27.5 Å². The van der Waals surface area contributed by atoms with E-state index in [2.05, 4.69) is 21.2 Å². The molecule has 118 valence electrons. The summed E-state index contributed by atoms with van der Waals surface area (Å²) < 4.78 is 24.9. The minimum Gasteiger partial charge on any atom is -0.493 e. The van der Waals surface area contributed by atoms with Crippen molar-refractivity contribution in [1.82, 2.24) is 0 Å². The van der Waals surface area contributed by atoms with Gasteiger partial charge in [-0.3, -0.25) is 0 Å². The Kier molecular flexibility index (Phi) is 5.91. The minimum absolute atomic E-state index is 0.0911. The van der Waals surface area contributed by atoms with Crippen molar-refractivity contribution < 1.29 is 13.9 Å². The maximum Gasteiger partial charge on any atom is 0.162 e. The molecule has 0 fully saturated rings. The lowest BCUT2D eigenvalue weighted by Gasteiger charge is -2.14. The number of hydrogen-bond acceptors (Lipinski definition) is 3. The van der Waals surface area contributed by atoms with Crippen molar-refractivity contribution in [2.75, 3.05) is 19.0 Å². The number of ether oxygens (including phenoxy) is 2. The Morgan fingerprint density at radius 1 is 1.23 bits per heavy atom. The number of benzene rings is 2. The Balaban J connectivity index is 2.16. The summed E-state index contributed by atoms with van der Waals surface area (Å²) in [4.78, 5) is 0. The highest BCUT2D eigenvalue weighted by Crippen LogP contribution is 2.34. The van der Waals surface area contributed by atoms with Crippen molar-refractivity contribution in [3.63, 3.8) is 0 Å². The lowest BCUT2D eigenvalue weighted by Crippen LogP contribution is -2.02. The summed E-state index contributed by atoms with van der Waals surface area (Å²) >= 11 is 9.29. The van der Waals surface area contributed by atoms with Crippen molar-refractivity contribution in [3.05, 3.63) is 51.2 Å². The molecule has 0 aromatic heterocycles. The van der Waals surface area contributed by atoms with Crippen LogP contribution in [0.4, 0.5) is 10.1 Å². The molecule has 6 heteroatoms. The quantitative estimate of drug-likeness (QED) is 0.732. The molecule has 0 atom stereocenters. The Morgan fingerprint density at radius 2 is 2.00 bits per heavy atom.